The third-order valence-electron chi connectivity index (χ3n) is 5.27. The molecule has 9 nitrogen and oxygen atoms in total. The first-order valence-corrected chi connectivity index (χ1v) is 12.6. The van der Waals surface area contributed by atoms with Gasteiger partial charge in [0.15, 0.2) is 11.5 Å². The maximum atomic E-state index is 12.0. The van der Waals surface area contributed by atoms with Gasteiger partial charge in [-0.05, 0) is 61.4 Å². The van der Waals surface area contributed by atoms with Crippen molar-refractivity contribution < 1.29 is 33.3 Å². The molecule has 1 aliphatic rings. The summed E-state index contributed by atoms with van der Waals surface area (Å²) in [6.07, 6.45) is 5.95. The number of carbonyl (C=O) groups excluding carboxylic acids is 3. The van der Waals surface area contributed by atoms with E-state index >= 15 is 0 Å². The van der Waals surface area contributed by atoms with Gasteiger partial charge in [0.2, 0.25) is 0 Å². The van der Waals surface area contributed by atoms with E-state index in [2.05, 4.69) is 6.92 Å². The highest BCUT2D eigenvalue weighted by molar-refractivity contribution is 6.33. The predicted octanol–water partition coefficient (Wildman–Crippen LogP) is 4.91. The minimum absolute atomic E-state index is 0.197. The first-order chi connectivity index (χ1) is 17.9. The summed E-state index contributed by atoms with van der Waals surface area (Å²) < 4.78 is 23.0. The van der Waals surface area contributed by atoms with E-state index in [1.54, 1.807) is 13.0 Å². The van der Waals surface area contributed by atoms with Crippen molar-refractivity contribution in [1.29, 1.82) is 0 Å². The van der Waals surface area contributed by atoms with Crippen molar-refractivity contribution in [2.75, 3.05) is 26.4 Å². The maximum Gasteiger partial charge on any atom is 0.328 e. The molecule has 4 amide bonds. The molecule has 0 aromatic heterocycles. The van der Waals surface area contributed by atoms with Gasteiger partial charge in [-0.15, -0.1) is 0 Å². The highest BCUT2D eigenvalue weighted by Gasteiger charge is 2.28. The lowest BCUT2D eigenvalue weighted by Gasteiger charge is -2.16. The van der Waals surface area contributed by atoms with Gasteiger partial charge < -0.3 is 18.9 Å². The first-order valence-electron chi connectivity index (χ1n) is 12.2. The van der Waals surface area contributed by atoms with Gasteiger partial charge in [0, 0.05) is 0 Å². The van der Waals surface area contributed by atoms with Gasteiger partial charge in [-0.2, -0.15) is 0 Å². The van der Waals surface area contributed by atoms with E-state index in [0.717, 1.165) is 12.2 Å². The SMILES string of the molecule is CCCCCCOc1ccc(OCCOc2c(Cl)cc(C=C3C(=O)NC(=O)NC3=O)cc2OCC)cc1. The van der Waals surface area contributed by atoms with Crippen LogP contribution in [0.4, 0.5) is 4.79 Å². The molecule has 0 radical (unpaired) electrons. The van der Waals surface area contributed by atoms with Gasteiger partial charge in [-0.3, -0.25) is 20.2 Å². The van der Waals surface area contributed by atoms with E-state index in [-0.39, 0.29) is 23.8 Å². The van der Waals surface area contributed by atoms with Crippen LogP contribution in [0.2, 0.25) is 5.02 Å². The predicted molar refractivity (Wildman–Crippen MR) is 139 cm³/mol. The van der Waals surface area contributed by atoms with E-state index in [1.807, 2.05) is 34.9 Å². The number of halogens is 1. The number of barbiturate groups is 1. The lowest BCUT2D eigenvalue weighted by Crippen LogP contribution is -2.51. The number of nitrogens with one attached hydrogen (secondary N) is 2. The van der Waals surface area contributed by atoms with Crippen LogP contribution < -0.4 is 29.6 Å². The minimum Gasteiger partial charge on any atom is -0.494 e. The van der Waals surface area contributed by atoms with Crippen LogP contribution in [0, 0.1) is 0 Å². The van der Waals surface area contributed by atoms with Crippen molar-refractivity contribution in [2.24, 2.45) is 0 Å². The lowest BCUT2D eigenvalue weighted by molar-refractivity contribution is -0.123. The summed E-state index contributed by atoms with van der Waals surface area (Å²) in [4.78, 5) is 35.3. The summed E-state index contributed by atoms with van der Waals surface area (Å²) in [5.41, 5.74) is 0.201. The van der Waals surface area contributed by atoms with Crippen LogP contribution in [0.1, 0.15) is 45.1 Å². The van der Waals surface area contributed by atoms with Crippen LogP contribution in [0.5, 0.6) is 23.0 Å². The number of rotatable bonds is 14. The van der Waals surface area contributed by atoms with Crippen molar-refractivity contribution in [3.8, 4) is 23.0 Å². The van der Waals surface area contributed by atoms with E-state index < -0.39 is 17.8 Å². The van der Waals surface area contributed by atoms with Crippen LogP contribution in [0.15, 0.2) is 42.0 Å². The van der Waals surface area contributed by atoms with Gasteiger partial charge in [0.1, 0.15) is 30.3 Å². The standard InChI is InChI=1S/C27H31ClN2O7/c1-3-5-6-7-12-35-19-8-10-20(11-9-19)36-13-14-37-24-22(28)16-18(17-23(24)34-4-2)15-21-25(31)29-27(33)30-26(21)32/h8-11,15-17H,3-7,12-14H2,1-2H3,(H2,29,30,31,32,33). The van der Waals surface area contributed by atoms with Gasteiger partial charge in [0.25, 0.3) is 11.8 Å². The average molecular weight is 531 g/mol. The second-order valence-electron chi connectivity index (χ2n) is 8.14. The molecule has 2 aromatic carbocycles. The van der Waals surface area contributed by atoms with Gasteiger partial charge >= 0.3 is 6.03 Å². The number of hydrogen-bond acceptors (Lipinski definition) is 7. The molecule has 0 aliphatic carbocycles. The van der Waals surface area contributed by atoms with E-state index in [9.17, 15) is 14.4 Å². The zero-order chi connectivity index (χ0) is 26.6. The highest BCUT2D eigenvalue weighted by atomic mass is 35.5. The molecule has 0 bridgehead atoms. The molecular weight excluding hydrogens is 500 g/mol. The molecule has 3 rings (SSSR count). The van der Waals surface area contributed by atoms with Crippen molar-refractivity contribution >= 4 is 35.5 Å². The fourth-order valence-corrected chi connectivity index (χ4v) is 3.78. The fraction of sp³-hybridized carbons (Fsp3) is 0.370. The molecule has 10 heteroatoms. The van der Waals surface area contributed by atoms with Crippen molar-refractivity contribution in [3.05, 3.63) is 52.6 Å². The topological polar surface area (TPSA) is 112 Å². The largest absolute Gasteiger partial charge is 0.494 e. The van der Waals surface area contributed by atoms with Crippen molar-refractivity contribution in [3.63, 3.8) is 0 Å². The molecular formula is C27H31ClN2O7. The molecule has 0 atom stereocenters. The zero-order valence-corrected chi connectivity index (χ0v) is 21.7. The summed E-state index contributed by atoms with van der Waals surface area (Å²) in [6, 6.07) is 9.68. The summed E-state index contributed by atoms with van der Waals surface area (Å²) in [7, 11) is 0. The normalized spacial score (nSPS) is 13.1. The van der Waals surface area contributed by atoms with Gasteiger partial charge in [-0.1, -0.05) is 37.8 Å². The first kappa shape index (κ1) is 27.9. The number of urea groups is 1. The quantitative estimate of drug-likeness (QED) is 0.203. The maximum absolute atomic E-state index is 12.0. The molecule has 37 heavy (non-hydrogen) atoms. The van der Waals surface area contributed by atoms with Crippen LogP contribution in [-0.4, -0.2) is 44.3 Å². The smallest absolute Gasteiger partial charge is 0.328 e. The third-order valence-corrected chi connectivity index (χ3v) is 5.56. The minimum atomic E-state index is -0.867. The lowest BCUT2D eigenvalue weighted by atomic mass is 10.1. The van der Waals surface area contributed by atoms with E-state index in [1.165, 1.54) is 31.4 Å². The Morgan fingerprint density at radius 3 is 2.03 bits per heavy atom. The van der Waals surface area contributed by atoms with E-state index in [0.29, 0.717) is 36.0 Å². The van der Waals surface area contributed by atoms with Crippen molar-refractivity contribution in [2.45, 2.75) is 39.5 Å². The molecule has 1 heterocycles. The number of ether oxygens (including phenoxy) is 4. The summed E-state index contributed by atoms with van der Waals surface area (Å²) >= 11 is 6.42. The number of amides is 4. The van der Waals surface area contributed by atoms with Crippen LogP contribution in [-0.2, 0) is 9.59 Å². The zero-order valence-electron chi connectivity index (χ0n) is 20.9. The Balaban J connectivity index is 1.56. The molecule has 0 saturated carbocycles. The average Bonchev–Trinajstić information content (AvgIpc) is 2.86. The number of unbranched alkanes of at least 4 members (excludes halogenated alkanes) is 3. The molecule has 0 spiro atoms. The summed E-state index contributed by atoms with van der Waals surface area (Å²) in [6.45, 7) is 5.48. The number of hydrogen-bond donors (Lipinski definition) is 2. The summed E-state index contributed by atoms with van der Waals surface area (Å²) in [5, 5.41) is 4.28. The molecule has 2 aromatic rings. The Hall–Kier alpha value is -3.72. The molecule has 198 valence electrons. The molecule has 0 unspecified atom stereocenters. The van der Waals surface area contributed by atoms with E-state index in [4.69, 9.17) is 30.5 Å². The monoisotopic (exact) mass is 530 g/mol. The number of benzene rings is 2. The third kappa shape index (κ3) is 8.42. The van der Waals surface area contributed by atoms with Crippen LogP contribution in [0.3, 0.4) is 0 Å². The second-order valence-corrected chi connectivity index (χ2v) is 8.54. The van der Waals surface area contributed by atoms with Crippen LogP contribution >= 0.6 is 11.6 Å². The Morgan fingerprint density at radius 2 is 1.41 bits per heavy atom. The Morgan fingerprint density at radius 1 is 0.784 bits per heavy atom. The second kappa shape index (κ2) is 14.1. The Labute approximate surface area is 221 Å². The fourth-order valence-electron chi connectivity index (χ4n) is 3.50. The molecule has 2 N–H and O–H groups in total. The number of carbonyl (C=O) groups is 3. The van der Waals surface area contributed by atoms with Crippen LogP contribution in [0.25, 0.3) is 6.08 Å². The number of imide groups is 2. The Bertz CT molecular complexity index is 1110. The highest BCUT2D eigenvalue weighted by Crippen LogP contribution is 2.37. The molecule has 1 aliphatic heterocycles. The molecule has 1 saturated heterocycles. The van der Waals surface area contributed by atoms with Gasteiger partial charge in [-0.25, -0.2) is 4.79 Å². The summed E-state index contributed by atoms with van der Waals surface area (Å²) in [5.74, 6) is 0.545. The molecule has 1 fully saturated rings. The van der Waals surface area contributed by atoms with Gasteiger partial charge in [0.05, 0.1) is 18.2 Å². The van der Waals surface area contributed by atoms with Crippen molar-refractivity contribution in [1.82, 2.24) is 10.6 Å². The Kier molecular flexibility index (Phi) is 10.6.